The molecule has 0 saturated heterocycles. The van der Waals surface area contributed by atoms with Gasteiger partial charge in [0, 0.05) is 66.5 Å². The number of phenols is 3. The van der Waals surface area contributed by atoms with Gasteiger partial charge in [0.1, 0.15) is 29.2 Å². The Morgan fingerprint density at radius 3 is 2.34 bits per heavy atom. The largest absolute Gasteiger partial charge is 0.507 e. The van der Waals surface area contributed by atoms with Crippen molar-refractivity contribution < 1.29 is 58.9 Å². The summed E-state index contributed by atoms with van der Waals surface area (Å²) in [4.78, 5) is 45.3. The normalized spacial score (nSPS) is 28.2. The molecule has 4 aromatic rings. The minimum absolute atomic E-state index is 0.0254. The molecule has 9 atom stereocenters. The quantitative estimate of drug-likeness (QED) is 0.0350. The lowest BCUT2D eigenvalue weighted by Gasteiger charge is -2.38. The number of methoxy groups -OCH3 is 1. The average molecular weight is 881 g/mol. The number of benzene rings is 3. The number of carbonyl (C=O) groups excluding carboxylic acids is 3. The highest BCUT2D eigenvalue weighted by Gasteiger charge is 2.50. The van der Waals surface area contributed by atoms with Crippen LogP contribution in [-0.2, 0) is 23.8 Å². The number of carbonyl (C=O) groups is 3. The Labute approximate surface area is 370 Å². The number of amides is 1. The Morgan fingerprint density at radius 1 is 0.953 bits per heavy atom. The maximum atomic E-state index is 14.5. The maximum absolute atomic E-state index is 14.5. The van der Waals surface area contributed by atoms with Crippen molar-refractivity contribution in [1.29, 1.82) is 0 Å². The summed E-state index contributed by atoms with van der Waals surface area (Å²) in [6.45, 7) is 14.3. The standard InChI is InChI=1S/C48H56N4O12/c1-22-14-13-15-23(2)47(60)51-38-31(21-49-52-34-20-24(3)30-16-11-12-17-32(30)50-34)42(57)35-36(43(38)58)41(56)28(7)45-37(35)46(59)48(9,64-45)62-19-18-33(61-10)25(4)44(63-29(8)53)27(6)40(55)26(5)39(22)54/h11-22,25-27,33,39-40,44,54-58H,1-10H3,(H,50,52)(H,51,60)/b14-13-,19-18?,23-15-,49-21+/t22-,25+,26+,27+,33-,39-,40+,44+,48-/m0/s1. The predicted octanol–water partition coefficient (Wildman–Crippen LogP) is 7.06. The highest BCUT2D eigenvalue weighted by atomic mass is 16.7. The third-order valence-electron chi connectivity index (χ3n) is 12.3. The zero-order chi connectivity index (χ0) is 46.9. The van der Waals surface area contributed by atoms with Crippen LogP contribution < -0.4 is 15.5 Å². The number of ether oxygens (including phenoxy) is 4. The summed E-state index contributed by atoms with van der Waals surface area (Å²) in [5.41, 5.74) is 3.79. The predicted molar refractivity (Wildman–Crippen MR) is 242 cm³/mol. The average Bonchev–Trinajstić information content (AvgIpc) is 3.52. The molecule has 5 bridgehead atoms. The molecule has 3 aliphatic heterocycles. The SMILES string of the molecule is CO[C@H]1C=CO[C@@]2(C)Oc3c(C)c(O)c4c(O)c(c(/C=N/Nc5cc(C)c6ccccc6n5)c(O)c4c3C2=O)NC(=O)/C(C)=C\C=C/[C@H](C)[C@H](O)[C@@H](C)[C@@H](O)[C@@H](C)[C@H](OC(C)=O)[C@@H]1C. The van der Waals surface area contributed by atoms with Gasteiger partial charge in [-0.05, 0) is 44.5 Å². The van der Waals surface area contributed by atoms with Crippen molar-refractivity contribution in [3.8, 4) is 23.0 Å². The Bertz CT molecular complexity index is 2620. The van der Waals surface area contributed by atoms with Gasteiger partial charge in [0.2, 0.25) is 0 Å². The third-order valence-corrected chi connectivity index (χ3v) is 12.3. The number of hydrazone groups is 1. The molecule has 4 heterocycles. The molecule has 0 radical (unpaired) electrons. The number of rotatable bonds is 5. The van der Waals surface area contributed by atoms with Crippen LogP contribution in [0.4, 0.5) is 11.5 Å². The fourth-order valence-electron chi connectivity index (χ4n) is 8.44. The number of esters is 1. The summed E-state index contributed by atoms with van der Waals surface area (Å²) < 4.78 is 23.6. The molecule has 340 valence electrons. The van der Waals surface area contributed by atoms with Crippen molar-refractivity contribution in [3.63, 3.8) is 0 Å². The first-order valence-corrected chi connectivity index (χ1v) is 21.0. The number of fused-ring (bicyclic) bond motifs is 15. The number of nitrogens with one attached hydrogen (secondary N) is 2. The summed E-state index contributed by atoms with van der Waals surface area (Å²) in [5.74, 6) is -8.42. The number of aliphatic hydroxyl groups is 2. The number of allylic oxidation sites excluding steroid dienone is 2. The molecule has 7 N–H and O–H groups in total. The van der Waals surface area contributed by atoms with Gasteiger partial charge in [-0.15, -0.1) is 0 Å². The fraction of sp³-hybridized carbons (Fsp3) is 0.396. The summed E-state index contributed by atoms with van der Waals surface area (Å²) in [5, 5.41) is 66.0. The topological polar surface area (TPSA) is 239 Å². The van der Waals surface area contributed by atoms with Crippen LogP contribution in [0.5, 0.6) is 23.0 Å². The minimum Gasteiger partial charge on any atom is -0.507 e. The van der Waals surface area contributed by atoms with Crippen LogP contribution in [0.2, 0.25) is 0 Å². The van der Waals surface area contributed by atoms with E-state index >= 15 is 0 Å². The molecule has 16 nitrogen and oxygen atoms in total. The van der Waals surface area contributed by atoms with Gasteiger partial charge < -0.3 is 49.8 Å². The van der Waals surface area contributed by atoms with Crippen LogP contribution in [0.3, 0.4) is 0 Å². The van der Waals surface area contributed by atoms with Crippen molar-refractivity contribution in [3.05, 3.63) is 88.7 Å². The third kappa shape index (κ3) is 8.85. The molecular weight excluding hydrogens is 825 g/mol. The molecule has 0 unspecified atom stereocenters. The smallest absolute Gasteiger partial charge is 0.312 e. The van der Waals surface area contributed by atoms with Gasteiger partial charge >= 0.3 is 11.8 Å². The van der Waals surface area contributed by atoms with Gasteiger partial charge in [-0.25, -0.2) is 4.98 Å². The molecular formula is C48H56N4O12. The fourth-order valence-corrected chi connectivity index (χ4v) is 8.44. The van der Waals surface area contributed by atoms with E-state index in [2.05, 4.69) is 20.8 Å². The first kappa shape index (κ1) is 47.0. The molecule has 7 rings (SSSR count). The van der Waals surface area contributed by atoms with Crippen LogP contribution in [0.25, 0.3) is 21.7 Å². The number of phenolic OH excluding ortho intramolecular Hbond substituents is 3. The molecule has 3 aliphatic rings. The number of ketones is 1. The zero-order valence-electron chi connectivity index (χ0n) is 37.5. The van der Waals surface area contributed by atoms with E-state index in [1.807, 2.05) is 31.2 Å². The number of para-hydroxylation sites is 1. The van der Waals surface area contributed by atoms with E-state index in [1.165, 1.54) is 53.2 Å². The molecule has 3 aromatic carbocycles. The lowest BCUT2D eigenvalue weighted by Crippen LogP contribution is -2.46. The number of aromatic nitrogens is 1. The lowest BCUT2D eigenvalue weighted by molar-refractivity contribution is -0.160. The van der Waals surface area contributed by atoms with Crippen molar-refractivity contribution in [2.75, 3.05) is 17.9 Å². The van der Waals surface area contributed by atoms with Gasteiger partial charge in [-0.3, -0.25) is 19.8 Å². The molecule has 0 fully saturated rings. The van der Waals surface area contributed by atoms with E-state index < -0.39 is 88.8 Å². The Balaban J connectivity index is 1.52. The highest BCUT2D eigenvalue weighted by molar-refractivity contribution is 6.24. The lowest BCUT2D eigenvalue weighted by atomic mass is 9.78. The van der Waals surface area contributed by atoms with Crippen LogP contribution in [0, 0.1) is 37.5 Å². The van der Waals surface area contributed by atoms with E-state index in [0.717, 1.165) is 17.2 Å². The van der Waals surface area contributed by atoms with E-state index in [0.29, 0.717) is 11.3 Å². The summed E-state index contributed by atoms with van der Waals surface area (Å²) >= 11 is 0. The van der Waals surface area contributed by atoms with E-state index in [-0.39, 0.29) is 44.5 Å². The Kier molecular flexibility index (Phi) is 13.7. The number of aryl methyl sites for hydroxylation is 1. The summed E-state index contributed by atoms with van der Waals surface area (Å²) in [6, 6.07) is 9.29. The number of nitrogens with zero attached hydrogens (tertiary/aromatic N) is 2. The van der Waals surface area contributed by atoms with Crippen molar-refractivity contribution >= 4 is 57.1 Å². The van der Waals surface area contributed by atoms with E-state index in [4.69, 9.17) is 18.9 Å². The number of anilines is 2. The Hall–Kier alpha value is -6.49. The zero-order valence-corrected chi connectivity index (χ0v) is 37.5. The van der Waals surface area contributed by atoms with E-state index in [1.54, 1.807) is 45.9 Å². The first-order chi connectivity index (χ1) is 30.2. The monoisotopic (exact) mass is 880 g/mol. The second-order valence-electron chi connectivity index (χ2n) is 16.8. The van der Waals surface area contributed by atoms with Crippen molar-refractivity contribution in [2.45, 2.75) is 92.5 Å². The van der Waals surface area contributed by atoms with Crippen LogP contribution in [-0.4, -0.2) is 91.7 Å². The second kappa shape index (κ2) is 18.7. The Morgan fingerprint density at radius 2 is 1.66 bits per heavy atom. The van der Waals surface area contributed by atoms with Crippen LogP contribution in [0.1, 0.15) is 75.5 Å². The first-order valence-electron chi connectivity index (χ1n) is 21.0. The number of Topliss-reactive ketones (excluding diaryl/α,β-unsaturated/α-hetero) is 1. The van der Waals surface area contributed by atoms with Gasteiger partial charge in [0.05, 0.1) is 58.5 Å². The van der Waals surface area contributed by atoms with Crippen LogP contribution >= 0.6 is 0 Å². The van der Waals surface area contributed by atoms with Crippen LogP contribution in [0.15, 0.2) is 71.6 Å². The summed E-state index contributed by atoms with van der Waals surface area (Å²) in [6.07, 6.45) is 4.55. The van der Waals surface area contributed by atoms with Crippen molar-refractivity contribution in [2.24, 2.45) is 28.8 Å². The number of aromatic hydroxyl groups is 3. The van der Waals surface area contributed by atoms with Gasteiger partial charge in [0.25, 0.3) is 11.7 Å². The molecule has 0 spiro atoms. The molecule has 64 heavy (non-hydrogen) atoms. The molecule has 0 aliphatic carbocycles. The molecule has 16 heteroatoms. The van der Waals surface area contributed by atoms with E-state index in [9.17, 15) is 39.9 Å². The maximum Gasteiger partial charge on any atom is 0.312 e. The molecule has 1 amide bonds. The highest BCUT2D eigenvalue weighted by Crippen LogP contribution is 2.55. The number of aliphatic hydroxyl groups excluding tert-OH is 2. The minimum atomic E-state index is -2.08. The summed E-state index contributed by atoms with van der Waals surface area (Å²) in [7, 11) is 1.43. The van der Waals surface area contributed by atoms with Crippen molar-refractivity contribution in [1.82, 2.24) is 4.98 Å². The number of hydrogen-bond donors (Lipinski definition) is 7. The number of hydrogen-bond acceptors (Lipinski definition) is 15. The van der Waals surface area contributed by atoms with Gasteiger partial charge in [-0.2, -0.15) is 5.10 Å². The molecule has 0 saturated carbocycles. The second-order valence-corrected chi connectivity index (χ2v) is 16.8. The van der Waals surface area contributed by atoms with Gasteiger partial charge in [0.15, 0.2) is 5.75 Å². The number of pyridine rings is 1. The van der Waals surface area contributed by atoms with Gasteiger partial charge in [-0.1, -0.05) is 64.1 Å². The molecule has 1 aromatic heterocycles.